The Morgan fingerprint density at radius 1 is 1.15 bits per heavy atom. The number of rotatable bonds is 3. The van der Waals surface area contributed by atoms with Gasteiger partial charge < -0.3 is 5.32 Å². The van der Waals surface area contributed by atoms with Crippen LogP contribution in [0.5, 0.6) is 0 Å². The summed E-state index contributed by atoms with van der Waals surface area (Å²) in [7, 11) is 0. The lowest BCUT2D eigenvalue weighted by Crippen LogP contribution is -1.93. The van der Waals surface area contributed by atoms with Crippen molar-refractivity contribution in [3.63, 3.8) is 0 Å². The molecule has 1 N–H and O–H groups in total. The molecule has 4 heteroatoms. The van der Waals surface area contributed by atoms with Crippen LogP contribution in [0.2, 0.25) is 0 Å². The van der Waals surface area contributed by atoms with Crippen LogP contribution in [0.4, 0.5) is 10.8 Å². The van der Waals surface area contributed by atoms with Gasteiger partial charge in [0.25, 0.3) is 0 Å². The highest BCUT2D eigenvalue weighted by Gasteiger charge is 2.06. The summed E-state index contributed by atoms with van der Waals surface area (Å²) in [4.78, 5) is 8.73. The van der Waals surface area contributed by atoms with Crippen LogP contribution in [-0.4, -0.2) is 9.97 Å². The van der Waals surface area contributed by atoms with E-state index in [9.17, 15) is 0 Å². The van der Waals surface area contributed by atoms with Gasteiger partial charge in [-0.05, 0) is 37.6 Å². The van der Waals surface area contributed by atoms with E-state index < -0.39 is 0 Å². The molecule has 0 radical (unpaired) electrons. The maximum Gasteiger partial charge on any atom is 0.187 e. The molecule has 0 atom stereocenters. The molecule has 0 aliphatic heterocycles. The highest BCUT2D eigenvalue weighted by molar-refractivity contribution is 7.14. The Morgan fingerprint density at radius 2 is 2.05 bits per heavy atom. The van der Waals surface area contributed by atoms with Crippen molar-refractivity contribution in [2.45, 2.75) is 13.8 Å². The van der Waals surface area contributed by atoms with Crippen molar-refractivity contribution >= 4 is 22.2 Å². The van der Waals surface area contributed by atoms with E-state index in [1.165, 1.54) is 11.1 Å². The van der Waals surface area contributed by atoms with E-state index in [1.54, 1.807) is 17.5 Å². The van der Waals surface area contributed by atoms with Crippen molar-refractivity contribution in [2.75, 3.05) is 5.32 Å². The molecule has 3 nitrogen and oxygen atoms in total. The first-order valence-electron chi connectivity index (χ1n) is 6.42. The molecule has 2 heterocycles. The third-order valence-corrected chi connectivity index (χ3v) is 3.84. The minimum Gasteiger partial charge on any atom is -0.331 e. The second-order valence-corrected chi connectivity index (χ2v) is 5.58. The van der Waals surface area contributed by atoms with Gasteiger partial charge in [0.15, 0.2) is 5.13 Å². The minimum atomic E-state index is 0.899. The summed E-state index contributed by atoms with van der Waals surface area (Å²) in [5.74, 6) is 0. The quantitative estimate of drug-likeness (QED) is 0.764. The van der Waals surface area contributed by atoms with Crippen molar-refractivity contribution in [3.8, 4) is 11.3 Å². The Hall–Kier alpha value is -2.20. The molecule has 2 aromatic heterocycles. The normalized spacial score (nSPS) is 10.5. The summed E-state index contributed by atoms with van der Waals surface area (Å²) >= 11 is 1.60. The summed E-state index contributed by atoms with van der Waals surface area (Å²) in [6.07, 6.45) is 3.60. The first-order valence-corrected chi connectivity index (χ1v) is 7.30. The third kappa shape index (κ3) is 2.70. The predicted molar refractivity (Wildman–Crippen MR) is 84.5 cm³/mol. The third-order valence-electron chi connectivity index (χ3n) is 3.08. The second-order valence-electron chi connectivity index (χ2n) is 4.72. The molecule has 1 aromatic carbocycles. The Balaban J connectivity index is 1.84. The van der Waals surface area contributed by atoms with Gasteiger partial charge in [0, 0.05) is 29.0 Å². The molecule has 0 saturated carbocycles. The van der Waals surface area contributed by atoms with E-state index in [4.69, 9.17) is 0 Å². The van der Waals surface area contributed by atoms with E-state index in [0.717, 1.165) is 22.1 Å². The first kappa shape index (κ1) is 12.8. The van der Waals surface area contributed by atoms with Gasteiger partial charge in [-0.15, -0.1) is 11.3 Å². The van der Waals surface area contributed by atoms with Crippen LogP contribution < -0.4 is 5.32 Å². The first-order chi connectivity index (χ1) is 9.72. The monoisotopic (exact) mass is 281 g/mol. The van der Waals surface area contributed by atoms with Crippen LogP contribution in [0.25, 0.3) is 11.3 Å². The van der Waals surface area contributed by atoms with Gasteiger partial charge in [-0.25, -0.2) is 4.98 Å². The average Bonchev–Trinajstić information content (AvgIpc) is 2.92. The lowest BCUT2D eigenvalue weighted by Gasteiger charge is -2.07. The van der Waals surface area contributed by atoms with Crippen LogP contribution in [0.15, 0.2) is 48.1 Å². The molecule has 0 fully saturated rings. The van der Waals surface area contributed by atoms with E-state index >= 15 is 0 Å². The van der Waals surface area contributed by atoms with E-state index in [1.807, 2.05) is 23.7 Å². The van der Waals surface area contributed by atoms with Gasteiger partial charge in [0.1, 0.15) is 0 Å². The zero-order valence-corrected chi connectivity index (χ0v) is 12.2. The number of pyridine rings is 1. The lowest BCUT2D eigenvalue weighted by molar-refractivity contribution is 1.30. The van der Waals surface area contributed by atoms with Crippen LogP contribution in [0.1, 0.15) is 11.1 Å². The fourth-order valence-electron chi connectivity index (χ4n) is 2.05. The SMILES string of the molecule is Cc1ccc(Nc2nc(-c3cccnc3)cs2)c(C)c1. The largest absolute Gasteiger partial charge is 0.331 e. The standard InChI is InChI=1S/C16H15N3S/c1-11-5-6-14(12(2)8-11)18-16-19-15(10-20-16)13-4-3-7-17-9-13/h3-10H,1-2H3,(H,18,19). The lowest BCUT2D eigenvalue weighted by atomic mass is 10.1. The smallest absolute Gasteiger partial charge is 0.187 e. The molecule has 3 rings (SSSR count). The molecule has 0 unspecified atom stereocenters. The summed E-state index contributed by atoms with van der Waals surface area (Å²) in [5.41, 5.74) is 5.59. The number of hydrogen-bond donors (Lipinski definition) is 1. The number of anilines is 2. The van der Waals surface area contributed by atoms with Gasteiger partial charge in [0.2, 0.25) is 0 Å². The molecule has 3 aromatic rings. The molecule has 0 aliphatic rings. The molecule has 0 bridgehead atoms. The van der Waals surface area contributed by atoms with Gasteiger partial charge in [0.05, 0.1) is 5.69 Å². The Kier molecular flexibility index (Phi) is 3.48. The van der Waals surface area contributed by atoms with E-state index in [0.29, 0.717) is 0 Å². The van der Waals surface area contributed by atoms with Gasteiger partial charge in [-0.1, -0.05) is 17.7 Å². The summed E-state index contributed by atoms with van der Waals surface area (Å²) in [6, 6.07) is 10.3. The van der Waals surface area contributed by atoms with Crippen molar-refractivity contribution in [1.82, 2.24) is 9.97 Å². The minimum absolute atomic E-state index is 0.899. The zero-order valence-electron chi connectivity index (χ0n) is 11.4. The van der Waals surface area contributed by atoms with Gasteiger partial charge >= 0.3 is 0 Å². The number of thiazole rings is 1. The summed E-state index contributed by atoms with van der Waals surface area (Å²) in [6.45, 7) is 4.20. The number of nitrogens with zero attached hydrogens (tertiary/aromatic N) is 2. The molecular formula is C16H15N3S. The number of aryl methyl sites for hydroxylation is 2. The molecule has 20 heavy (non-hydrogen) atoms. The van der Waals surface area contributed by atoms with Crippen LogP contribution in [0.3, 0.4) is 0 Å². The predicted octanol–water partition coefficient (Wildman–Crippen LogP) is 4.57. The maximum absolute atomic E-state index is 4.61. The van der Waals surface area contributed by atoms with Gasteiger partial charge in [-0.2, -0.15) is 0 Å². The molecule has 0 aliphatic carbocycles. The topological polar surface area (TPSA) is 37.8 Å². The number of hydrogen-bond acceptors (Lipinski definition) is 4. The number of aromatic nitrogens is 2. The van der Waals surface area contributed by atoms with E-state index in [2.05, 4.69) is 47.3 Å². The van der Waals surface area contributed by atoms with Crippen molar-refractivity contribution in [2.24, 2.45) is 0 Å². The zero-order chi connectivity index (χ0) is 13.9. The van der Waals surface area contributed by atoms with Gasteiger partial charge in [-0.3, -0.25) is 4.98 Å². The molecule has 100 valence electrons. The van der Waals surface area contributed by atoms with Crippen LogP contribution >= 0.6 is 11.3 Å². The highest BCUT2D eigenvalue weighted by Crippen LogP contribution is 2.28. The van der Waals surface area contributed by atoms with Crippen molar-refractivity contribution in [3.05, 3.63) is 59.2 Å². The average molecular weight is 281 g/mol. The fraction of sp³-hybridized carbons (Fsp3) is 0.125. The second kappa shape index (κ2) is 5.43. The molecule has 0 amide bonds. The van der Waals surface area contributed by atoms with Crippen molar-refractivity contribution in [1.29, 1.82) is 0 Å². The Morgan fingerprint density at radius 3 is 2.80 bits per heavy atom. The molecule has 0 saturated heterocycles. The summed E-state index contributed by atoms with van der Waals surface area (Å²) < 4.78 is 0. The fourth-order valence-corrected chi connectivity index (χ4v) is 2.78. The maximum atomic E-state index is 4.61. The Labute approximate surface area is 122 Å². The highest BCUT2D eigenvalue weighted by atomic mass is 32.1. The van der Waals surface area contributed by atoms with Crippen molar-refractivity contribution < 1.29 is 0 Å². The summed E-state index contributed by atoms with van der Waals surface area (Å²) in [5, 5.41) is 6.32. The van der Waals surface area contributed by atoms with E-state index in [-0.39, 0.29) is 0 Å². The molecular weight excluding hydrogens is 266 g/mol. The van der Waals surface area contributed by atoms with Crippen LogP contribution in [-0.2, 0) is 0 Å². The number of nitrogens with one attached hydrogen (secondary N) is 1. The Bertz CT molecular complexity index is 720. The molecule has 0 spiro atoms. The number of benzene rings is 1. The van der Waals surface area contributed by atoms with Crippen LogP contribution in [0, 0.1) is 13.8 Å².